The third-order valence-corrected chi connectivity index (χ3v) is 13.0. The Labute approximate surface area is 316 Å². The van der Waals surface area contributed by atoms with Gasteiger partial charge in [-0.25, -0.2) is 12.8 Å². The fourth-order valence-electron chi connectivity index (χ4n) is 7.62. The molecule has 0 radical (unpaired) electrons. The molecule has 5 heterocycles. The highest BCUT2D eigenvalue weighted by Gasteiger charge is 2.53. The highest BCUT2D eigenvalue weighted by Crippen LogP contribution is 2.48. The largest absolute Gasteiger partial charge is 0.481 e. The molecule has 1 aliphatic carbocycles. The average molecular weight is 789 g/mol. The first-order chi connectivity index (χ1) is 25.8. The summed E-state index contributed by atoms with van der Waals surface area (Å²) in [5.74, 6) is -2.96. The number of hydrogen-bond donors (Lipinski definition) is 1. The molecule has 1 saturated carbocycles. The first-order valence-electron chi connectivity index (χ1n) is 18.2. The van der Waals surface area contributed by atoms with E-state index in [9.17, 15) is 35.9 Å². The Morgan fingerprint density at radius 3 is 2.44 bits per heavy atom. The molecule has 296 valence electrons. The maximum Gasteiger partial charge on any atom is 0.452 e. The number of sulfonamides is 1. The molecule has 1 spiro atoms. The summed E-state index contributed by atoms with van der Waals surface area (Å²) in [6.07, 6.45) is -2.13. The summed E-state index contributed by atoms with van der Waals surface area (Å²) < 4.78 is 98.0. The minimum atomic E-state index is -4.75. The van der Waals surface area contributed by atoms with Crippen LogP contribution in [0.3, 0.4) is 0 Å². The molecule has 0 amide bonds. The molecule has 7 rings (SSSR count). The molecule has 17 heteroatoms. The number of piperidine rings is 1. The maximum atomic E-state index is 14.5. The van der Waals surface area contributed by atoms with Gasteiger partial charge in [-0.15, -0.1) is 10.2 Å². The topological polar surface area (TPSA) is 139 Å². The van der Waals surface area contributed by atoms with Crippen LogP contribution >= 0.6 is 0 Å². The number of carboxylic acids is 1. The van der Waals surface area contributed by atoms with Crippen LogP contribution in [0.5, 0.6) is 11.8 Å². The standard InChI is InChI=1S/C38H44F4N6O6S/c1-22-6-7-25(30(36(4,5)35(49)50)28-10-15-48-31(24(28)3)44-45-34(48)38(40,41)42)19-26(22)20-47-21-37(11-12-37)54-33-29(55(47,51)52)18-23(2)32(43-33)53-17-16-46-13-8-27(39)9-14-46/h6-7,10,15,18-19,27,30H,8-9,11-14,16-17,20-21H2,1-5H3,(H,49,50)/t30-/m0/s1. The summed E-state index contributed by atoms with van der Waals surface area (Å²) in [5, 5.41) is 17.6. The van der Waals surface area contributed by atoms with E-state index < -0.39 is 51.1 Å². The fraction of sp³-hybridized carbons (Fsp3) is 0.526. The van der Waals surface area contributed by atoms with Crippen molar-refractivity contribution in [2.24, 2.45) is 5.41 Å². The number of aliphatic carboxylic acids is 1. The van der Waals surface area contributed by atoms with Crippen molar-refractivity contribution >= 4 is 21.6 Å². The van der Waals surface area contributed by atoms with Gasteiger partial charge in [0.25, 0.3) is 0 Å². The number of halogens is 4. The molecule has 2 fully saturated rings. The Kier molecular flexibility index (Phi) is 9.90. The van der Waals surface area contributed by atoms with Crippen molar-refractivity contribution in [2.45, 2.75) is 95.6 Å². The molecule has 1 aromatic carbocycles. The number of aromatic nitrogens is 4. The number of nitrogens with zero attached hydrogens (tertiary/aromatic N) is 6. The molecule has 55 heavy (non-hydrogen) atoms. The molecular weight excluding hydrogens is 745 g/mol. The van der Waals surface area contributed by atoms with Gasteiger partial charge in [0.15, 0.2) is 5.65 Å². The number of carboxylic acid groups (broad SMARTS) is 1. The van der Waals surface area contributed by atoms with Gasteiger partial charge in [-0.1, -0.05) is 18.2 Å². The van der Waals surface area contributed by atoms with Crippen LogP contribution < -0.4 is 9.47 Å². The molecular formula is C38H44F4N6O6S. The number of likely N-dealkylation sites (tertiary alicyclic amines) is 1. The molecule has 4 aromatic rings. The van der Waals surface area contributed by atoms with Gasteiger partial charge in [0.05, 0.1) is 12.0 Å². The van der Waals surface area contributed by atoms with Crippen LogP contribution in [0.25, 0.3) is 5.65 Å². The normalized spacial score (nSPS) is 19.5. The Morgan fingerprint density at radius 1 is 1.07 bits per heavy atom. The van der Waals surface area contributed by atoms with Crippen LogP contribution in [0.2, 0.25) is 0 Å². The van der Waals surface area contributed by atoms with Crippen LogP contribution in [0.15, 0.2) is 41.4 Å². The van der Waals surface area contributed by atoms with Gasteiger partial charge >= 0.3 is 12.1 Å². The lowest BCUT2D eigenvalue weighted by Crippen LogP contribution is -2.38. The highest BCUT2D eigenvalue weighted by molar-refractivity contribution is 7.89. The summed E-state index contributed by atoms with van der Waals surface area (Å²) in [6.45, 7) is 10.4. The lowest BCUT2D eigenvalue weighted by atomic mass is 9.70. The van der Waals surface area contributed by atoms with Gasteiger partial charge < -0.3 is 14.6 Å². The molecule has 1 atom stereocenters. The van der Waals surface area contributed by atoms with Crippen LogP contribution in [0.1, 0.15) is 84.7 Å². The number of ether oxygens (including phenoxy) is 2. The van der Waals surface area contributed by atoms with Gasteiger partial charge in [-0.05, 0) is 100 Å². The molecule has 12 nitrogen and oxygen atoms in total. The lowest BCUT2D eigenvalue weighted by molar-refractivity contribution is -0.147. The average Bonchev–Trinajstić information content (AvgIpc) is 3.72. The maximum absolute atomic E-state index is 14.5. The van der Waals surface area contributed by atoms with Gasteiger partial charge in [0.2, 0.25) is 27.6 Å². The van der Waals surface area contributed by atoms with E-state index in [-0.39, 0.29) is 35.4 Å². The molecule has 3 aliphatic rings. The number of carbonyl (C=O) groups is 1. The van der Waals surface area contributed by atoms with Crippen LogP contribution in [-0.2, 0) is 27.5 Å². The van der Waals surface area contributed by atoms with Gasteiger partial charge in [-0.2, -0.15) is 22.5 Å². The summed E-state index contributed by atoms with van der Waals surface area (Å²) in [6, 6.07) is 8.30. The summed E-state index contributed by atoms with van der Waals surface area (Å²) in [4.78, 5) is 19.4. The molecule has 0 bridgehead atoms. The van der Waals surface area contributed by atoms with Gasteiger partial charge in [-0.3, -0.25) is 14.1 Å². The third kappa shape index (κ3) is 7.37. The summed E-state index contributed by atoms with van der Waals surface area (Å²) in [5.41, 5.74) is 0.907. The summed E-state index contributed by atoms with van der Waals surface area (Å²) >= 11 is 0. The van der Waals surface area contributed by atoms with Crippen molar-refractivity contribution < 1.29 is 45.4 Å². The highest BCUT2D eigenvalue weighted by atomic mass is 32.2. The van der Waals surface area contributed by atoms with Crippen molar-refractivity contribution in [3.8, 4) is 11.8 Å². The number of pyridine rings is 2. The monoisotopic (exact) mass is 788 g/mol. The van der Waals surface area contributed by atoms with Crippen molar-refractivity contribution in [3.63, 3.8) is 0 Å². The Balaban J connectivity index is 1.21. The van der Waals surface area contributed by atoms with E-state index in [2.05, 4.69) is 20.1 Å². The van der Waals surface area contributed by atoms with Gasteiger partial charge in [0.1, 0.15) is 23.3 Å². The number of fused-ring (bicyclic) bond motifs is 2. The minimum absolute atomic E-state index is 0.0272. The predicted octanol–water partition coefficient (Wildman–Crippen LogP) is 6.24. The second-order valence-electron chi connectivity index (χ2n) is 15.6. The third-order valence-electron chi connectivity index (χ3n) is 11.2. The Hall–Kier alpha value is -4.35. The van der Waals surface area contributed by atoms with Gasteiger partial charge in [0, 0.05) is 43.9 Å². The quantitative estimate of drug-likeness (QED) is 0.184. The fourth-order valence-corrected chi connectivity index (χ4v) is 9.25. The molecule has 1 N–H and O–H groups in total. The van der Waals surface area contributed by atoms with E-state index in [1.54, 1.807) is 45.9 Å². The Bertz CT molecular complexity index is 2250. The SMILES string of the molecule is Cc1ccc([C@@H](c2ccn3c(C(F)(F)F)nnc3c2C)C(C)(C)C(=O)O)cc1CN1CC2(CC2)Oc2nc(OCCN3CCC(F)CC3)c(C)cc2S1(=O)=O. The zero-order chi connectivity index (χ0) is 39.7. The summed E-state index contributed by atoms with van der Waals surface area (Å²) in [7, 11) is -4.17. The zero-order valence-corrected chi connectivity index (χ0v) is 32.1. The smallest absolute Gasteiger partial charge is 0.452 e. The molecule has 2 aliphatic heterocycles. The lowest BCUT2D eigenvalue weighted by Gasteiger charge is -2.33. The van der Waals surface area contributed by atoms with E-state index in [1.165, 1.54) is 22.6 Å². The van der Waals surface area contributed by atoms with Crippen LogP contribution in [0.4, 0.5) is 17.6 Å². The predicted molar refractivity (Wildman–Crippen MR) is 192 cm³/mol. The number of rotatable bonds is 10. The number of hydrogen-bond acceptors (Lipinski definition) is 9. The van der Waals surface area contributed by atoms with E-state index in [1.807, 2.05) is 6.92 Å². The van der Waals surface area contributed by atoms with Crippen LogP contribution in [0, 0.1) is 26.2 Å². The molecule has 1 saturated heterocycles. The zero-order valence-electron chi connectivity index (χ0n) is 31.3. The van der Waals surface area contributed by atoms with Crippen molar-refractivity contribution in [1.29, 1.82) is 0 Å². The van der Waals surface area contributed by atoms with Crippen molar-refractivity contribution in [3.05, 3.63) is 75.7 Å². The van der Waals surface area contributed by atoms with E-state index in [0.29, 0.717) is 79.7 Å². The van der Waals surface area contributed by atoms with Crippen molar-refractivity contribution in [2.75, 3.05) is 32.8 Å². The number of aryl methyl sites for hydroxylation is 3. The first kappa shape index (κ1) is 38.9. The van der Waals surface area contributed by atoms with Crippen molar-refractivity contribution in [1.82, 2.24) is 28.8 Å². The molecule has 3 aromatic heterocycles. The second kappa shape index (κ2) is 14.0. The minimum Gasteiger partial charge on any atom is -0.481 e. The van der Waals surface area contributed by atoms with E-state index in [0.717, 1.165) is 9.96 Å². The number of benzene rings is 1. The number of alkyl halides is 4. The van der Waals surface area contributed by atoms with E-state index in [4.69, 9.17) is 9.47 Å². The van der Waals surface area contributed by atoms with E-state index >= 15 is 0 Å². The second-order valence-corrected chi connectivity index (χ2v) is 17.5. The Morgan fingerprint density at radius 2 is 1.78 bits per heavy atom. The molecule has 0 unspecified atom stereocenters. The first-order valence-corrected chi connectivity index (χ1v) is 19.7. The van der Waals surface area contributed by atoms with Crippen LogP contribution in [-0.4, -0.2) is 92.8 Å².